The van der Waals surface area contributed by atoms with Gasteiger partial charge in [-0.05, 0) is 42.3 Å². The molecule has 1 nitrogen and oxygen atoms in total. The smallest absolute Gasteiger partial charge is 0.267 e. The molecule has 0 unspecified atom stereocenters. The summed E-state index contributed by atoms with van der Waals surface area (Å²) in [4.78, 5) is 0. The lowest BCUT2D eigenvalue weighted by molar-refractivity contribution is 0.147. The summed E-state index contributed by atoms with van der Waals surface area (Å²) < 4.78 is 43.9. The van der Waals surface area contributed by atoms with Gasteiger partial charge in [-0.15, -0.1) is 0 Å². The van der Waals surface area contributed by atoms with E-state index in [0.717, 1.165) is 24.1 Å². The maximum Gasteiger partial charge on any atom is 0.267 e. The lowest BCUT2D eigenvalue weighted by atomic mass is 10.1. The summed E-state index contributed by atoms with van der Waals surface area (Å²) in [5.41, 5.74) is 0.681. The van der Waals surface area contributed by atoms with Gasteiger partial charge in [0.1, 0.15) is 17.3 Å². The normalized spacial score (nSPS) is 10.8. The maximum absolute atomic E-state index is 13.0. The Morgan fingerprint density at radius 3 is 2.32 bits per heavy atom. The van der Waals surface area contributed by atoms with Crippen LogP contribution in [0.15, 0.2) is 42.5 Å². The summed E-state index contributed by atoms with van der Waals surface area (Å²) in [7, 11) is 0. The minimum absolute atomic E-state index is 0.0272. The van der Waals surface area contributed by atoms with Gasteiger partial charge in [0, 0.05) is 0 Å². The zero-order valence-electron chi connectivity index (χ0n) is 10.4. The zero-order valence-corrected chi connectivity index (χ0v) is 10.4. The third kappa shape index (κ3) is 3.28. The molecular weight excluding hydrogens is 253 g/mol. The molecule has 0 heterocycles. The molecule has 0 amide bonds. The Hall–Kier alpha value is -1.97. The van der Waals surface area contributed by atoms with Gasteiger partial charge in [0.2, 0.25) is 0 Å². The van der Waals surface area contributed by atoms with Gasteiger partial charge in [-0.2, -0.15) is 0 Å². The van der Waals surface area contributed by atoms with Crippen molar-refractivity contribution in [1.29, 1.82) is 0 Å². The van der Waals surface area contributed by atoms with E-state index in [9.17, 15) is 13.2 Å². The largest absolute Gasteiger partial charge is 0.457 e. The number of rotatable bonds is 4. The van der Waals surface area contributed by atoms with Crippen molar-refractivity contribution >= 4 is 0 Å². The summed E-state index contributed by atoms with van der Waals surface area (Å²) in [6, 6.07) is 10.2. The van der Waals surface area contributed by atoms with Crippen LogP contribution in [-0.2, 0) is 6.42 Å². The van der Waals surface area contributed by atoms with Crippen LogP contribution >= 0.6 is 0 Å². The van der Waals surface area contributed by atoms with Crippen LogP contribution in [0.3, 0.4) is 0 Å². The molecule has 0 saturated carbocycles. The van der Waals surface area contributed by atoms with E-state index in [0.29, 0.717) is 5.75 Å². The number of benzene rings is 2. The molecule has 100 valence electrons. The fraction of sp³-hybridized carbons (Fsp3) is 0.200. The Labute approximate surface area is 109 Å². The van der Waals surface area contributed by atoms with Gasteiger partial charge >= 0.3 is 0 Å². The Bertz CT molecular complexity index is 550. The number of aryl methyl sites for hydroxylation is 1. The van der Waals surface area contributed by atoms with Crippen LogP contribution in [0, 0.1) is 5.82 Å². The number of ether oxygens (including phenoxy) is 1. The molecular formula is C15H13F3O. The number of hydrogen-bond donors (Lipinski definition) is 0. The van der Waals surface area contributed by atoms with E-state index in [-0.39, 0.29) is 5.75 Å². The molecule has 4 heteroatoms. The van der Waals surface area contributed by atoms with Crippen molar-refractivity contribution in [2.75, 3.05) is 0 Å². The highest BCUT2D eigenvalue weighted by molar-refractivity contribution is 5.39. The van der Waals surface area contributed by atoms with Gasteiger partial charge in [-0.25, -0.2) is 13.2 Å². The van der Waals surface area contributed by atoms with E-state index in [4.69, 9.17) is 4.74 Å². The summed E-state index contributed by atoms with van der Waals surface area (Å²) >= 11 is 0. The number of hydrogen-bond acceptors (Lipinski definition) is 1. The summed E-state index contributed by atoms with van der Waals surface area (Å²) in [6.07, 6.45) is -1.89. The van der Waals surface area contributed by atoms with Crippen molar-refractivity contribution in [3.8, 4) is 11.5 Å². The second-order valence-corrected chi connectivity index (χ2v) is 4.08. The first-order chi connectivity index (χ1) is 9.10. The Morgan fingerprint density at radius 1 is 1.05 bits per heavy atom. The standard InChI is InChI=1S/C15H13F3O/c1-2-10-3-6-12(7-4-10)19-14-8-5-11(16)9-13(14)15(17)18/h3-9,15H,2H2,1H3. The van der Waals surface area contributed by atoms with Gasteiger partial charge in [0.25, 0.3) is 6.43 Å². The van der Waals surface area contributed by atoms with E-state index in [1.165, 1.54) is 6.07 Å². The van der Waals surface area contributed by atoms with Crippen LogP contribution in [0.25, 0.3) is 0 Å². The van der Waals surface area contributed by atoms with Crippen LogP contribution < -0.4 is 4.74 Å². The molecule has 0 aliphatic heterocycles. The van der Waals surface area contributed by atoms with E-state index in [1.54, 1.807) is 12.1 Å². The highest BCUT2D eigenvalue weighted by Gasteiger charge is 2.15. The maximum atomic E-state index is 13.0. The van der Waals surface area contributed by atoms with Gasteiger partial charge < -0.3 is 4.74 Å². The molecule has 0 aliphatic rings. The lowest BCUT2D eigenvalue weighted by Gasteiger charge is -2.11. The molecule has 2 rings (SSSR count). The topological polar surface area (TPSA) is 9.23 Å². The van der Waals surface area contributed by atoms with E-state index >= 15 is 0 Å². The second kappa shape index (κ2) is 5.78. The van der Waals surface area contributed by atoms with E-state index in [1.807, 2.05) is 19.1 Å². The number of halogens is 3. The zero-order chi connectivity index (χ0) is 13.8. The molecule has 2 aromatic carbocycles. The fourth-order valence-corrected chi connectivity index (χ4v) is 1.70. The molecule has 2 aromatic rings. The molecule has 19 heavy (non-hydrogen) atoms. The Kier molecular flexibility index (Phi) is 4.10. The third-order valence-electron chi connectivity index (χ3n) is 2.77. The molecule has 0 spiro atoms. The number of alkyl halides is 2. The van der Waals surface area contributed by atoms with Crippen molar-refractivity contribution in [3.05, 3.63) is 59.4 Å². The quantitative estimate of drug-likeness (QED) is 0.746. The van der Waals surface area contributed by atoms with Crippen molar-refractivity contribution in [3.63, 3.8) is 0 Å². The van der Waals surface area contributed by atoms with Crippen LogP contribution in [0.1, 0.15) is 24.5 Å². The summed E-state index contributed by atoms with van der Waals surface area (Å²) in [5.74, 6) is -0.282. The molecule has 0 saturated heterocycles. The van der Waals surface area contributed by atoms with Crippen LogP contribution in [0.2, 0.25) is 0 Å². The SMILES string of the molecule is CCc1ccc(Oc2ccc(F)cc2C(F)F)cc1. The third-order valence-corrected chi connectivity index (χ3v) is 2.77. The first-order valence-corrected chi connectivity index (χ1v) is 5.94. The van der Waals surface area contributed by atoms with Crippen molar-refractivity contribution in [2.24, 2.45) is 0 Å². The van der Waals surface area contributed by atoms with Gasteiger partial charge in [-0.3, -0.25) is 0 Å². The van der Waals surface area contributed by atoms with Crippen LogP contribution in [0.5, 0.6) is 11.5 Å². The predicted molar refractivity (Wildman–Crippen MR) is 67.3 cm³/mol. The van der Waals surface area contributed by atoms with Crippen molar-refractivity contribution < 1.29 is 17.9 Å². The molecule has 0 fully saturated rings. The molecule has 0 atom stereocenters. The molecule has 0 aliphatic carbocycles. The van der Waals surface area contributed by atoms with Crippen LogP contribution in [-0.4, -0.2) is 0 Å². The Morgan fingerprint density at radius 2 is 1.74 bits per heavy atom. The highest BCUT2D eigenvalue weighted by atomic mass is 19.3. The van der Waals surface area contributed by atoms with Gasteiger partial charge in [0.05, 0.1) is 5.56 Å². The second-order valence-electron chi connectivity index (χ2n) is 4.08. The lowest BCUT2D eigenvalue weighted by Crippen LogP contribution is -1.93. The average molecular weight is 266 g/mol. The van der Waals surface area contributed by atoms with E-state index in [2.05, 4.69) is 0 Å². The first-order valence-electron chi connectivity index (χ1n) is 5.94. The summed E-state index contributed by atoms with van der Waals surface area (Å²) in [6.45, 7) is 2.02. The predicted octanol–water partition coefficient (Wildman–Crippen LogP) is 5.12. The Balaban J connectivity index is 2.26. The molecule has 0 bridgehead atoms. The van der Waals surface area contributed by atoms with Crippen molar-refractivity contribution in [2.45, 2.75) is 19.8 Å². The first kappa shape index (κ1) is 13.5. The highest BCUT2D eigenvalue weighted by Crippen LogP contribution is 2.32. The van der Waals surface area contributed by atoms with Gasteiger partial charge in [-0.1, -0.05) is 19.1 Å². The fourth-order valence-electron chi connectivity index (χ4n) is 1.70. The molecule has 0 aromatic heterocycles. The van der Waals surface area contributed by atoms with E-state index < -0.39 is 17.8 Å². The minimum atomic E-state index is -2.78. The summed E-state index contributed by atoms with van der Waals surface area (Å²) in [5, 5.41) is 0. The average Bonchev–Trinajstić information content (AvgIpc) is 2.41. The molecule has 0 radical (unpaired) electrons. The van der Waals surface area contributed by atoms with Crippen molar-refractivity contribution in [1.82, 2.24) is 0 Å². The molecule has 0 N–H and O–H groups in total. The minimum Gasteiger partial charge on any atom is -0.457 e. The monoisotopic (exact) mass is 266 g/mol. The van der Waals surface area contributed by atoms with Gasteiger partial charge in [0.15, 0.2) is 0 Å². The van der Waals surface area contributed by atoms with Crippen LogP contribution in [0.4, 0.5) is 13.2 Å².